The summed E-state index contributed by atoms with van der Waals surface area (Å²) in [7, 11) is 1.53. The summed E-state index contributed by atoms with van der Waals surface area (Å²) in [5.41, 5.74) is 0.913. The number of carbonyl (C=O) groups is 2. The standard InChI is InChI=1S/C17H17N3O3/c1-20(10-9-18)17(22)14(12-13-6-3-2-4-7-13)19-16(21)15-8-5-11-23-15/h2-8,11,14H,10,12H2,1H3,(H,19,21)/t14-/m1/s1. The molecule has 0 saturated heterocycles. The number of nitriles is 1. The Morgan fingerprint density at radius 3 is 2.61 bits per heavy atom. The molecule has 1 heterocycles. The molecule has 2 aromatic rings. The summed E-state index contributed by atoms with van der Waals surface area (Å²) in [6, 6.07) is 13.6. The third-order valence-electron chi connectivity index (χ3n) is 3.32. The van der Waals surface area contributed by atoms with E-state index in [4.69, 9.17) is 9.68 Å². The molecule has 6 heteroatoms. The lowest BCUT2D eigenvalue weighted by Crippen LogP contribution is -2.48. The molecule has 0 unspecified atom stereocenters. The van der Waals surface area contributed by atoms with E-state index < -0.39 is 11.9 Å². The largest absolute Gasteiger partial charge is 0.459 e. The first kappa shape index (κ1) is 16.3. The predicted octanol–water partition coefficient (Wildman–Crippen LogP) is 1.60. The first-order valence-corrected chi connectivity index (χ1v) is 7.12. The quantitative estimate of drug-likeness (QED) is 0.821. The highest BCUT2D eigenvalue weighted by Gasteiger charge is 2.25. The van der Waals surface area contributed by atoms with E-state index in [-0.39, 0.29) is 18.2 Å². The highest BCUT2D eigenvalue weighted by molar-refractivity contribution is 5.95. The topological polar surface area (TPSA) is 86.3 Å². The summed E-state index contributed by atoms with van der Waals surface area (Å²) in [6.45, 7) is -0.0409. The van der Waals surface area contributed by atoms with Gasteiger partial charge >= 0.3 is 0 Å². The van der Waals surface area contributed by atoms with E-state index in [1.54, 1.807) is 6.07 Å². The van der Waals surface area contributed by atoms with Crippen molar-refractivity contribution >= 4 is 11.8 Å². The monoisotopic (exact) mass is 311 g/mol. The number of nitrogens with zero attached hydrogens (tertiary/aromatic N) is 2. The summed E-state index contributed by atoms with van der Waals surface area (Å²) in [6.07, 6.45) is 1.73. The van der Waals surface area contributed by atoms with E-state index in [1.807, 2.05) is 36.4 Å². The number of amides is 2. The molecular formula is C17H17N3O3. The second-order valence-corrected chi connectivity index (χ2v) is 5.05. The van der Waals surface area contributed by atoms with Gasteiger partial charge in [-0.05, 0) is 17.7 Å². The van der Waals surface area contributed by atoms with Crippen LogP contribution < -0.4 is 5.32 Å². The fourth-order valence-corrected chi connectivity index (χ4v) is 2.14. The maximum Gasteiger partial charge on any atom is 0.287 e. The number of rotatable bonds is 6. The zero-order valence-corrected chi connectivity index (χ0v) is 12.7. The van der Waals surface area contributed by atoms with Crippen molar-refractivity contribution in [3.63, 3.8) is 0 Å². The van der Waals surface area contributed by atoms with Crippen LogP contribution in [0.4, 0.5) is 0 Å². The Balaban J connectivity index is 2.15. The number of hydrogen-bond donors (Lipinski definition) is 1. The Kier molecular flexibility index (Phi) is 5.53. The Labute approximate surface area is 134 Å². The summed E-state index contributed by atoms with van der Waals surface area (Å²) in [5, 5.41) is 11.4. The Morgan fingerprint density at radius 2 is 2.00 bits per heavy atom. The Hall–Kier alpha value is -3.07. The van der Waals surface area contributed by atoms with Crippen molar-refractivity contribution in [3.8, 4) is 6.07 Å². The van der Waals surface area contributed by atoms with Gasteiger partial charge in [-0.1, -0.05) is 30.3 Å². The normalized spacial score (nSPS) is 11.3. The molecule has 0 fully saturated rings. The third-order valence-corrected chi connectivity index (χ3v) is 3.32. The van der Waals surface area contributed by atoms with Crippen LogP contribution in [0.5, 0.6) is 0 Å². The molecule has 0 saturated carbocycles. The number of hydrogen-bond acceptors (Lipinski definition) is 4. The van der Waals surface area contributed by atoms with Gasteiger partial charge in [0, 0.05) is 13.5 Å². The van der Waals surface area contributed by atoms with Gasteiger partial charge in [-0.3, -0.25) is 9.59 Å². The number of likely N-dealkylation sites (N-methyl/N-ethyl adjacent to an activating group) is 1. The smallest absolute Gasteiger partial charge is 0.287 e. The maximum absolute atomic E-state index is 12.5. The van der Waals surface area contributed by atoms with Gasteiger partial charge in [-0.25, -0.2) is 0 Å². The highest BCUT2D eigenvalue weighted by atomic mass is 16.3. The second-order valence-electron chi connectivity index (χ2n) is 5.05. The minimum absolute atomic E-state index is 0.0409. The average molecular weight is 311 g/mol. The van der Waals surface area contributed by atoms with E-state index >= 15 is 0 Å². The summed E-state index contributed by atoms with van der Waals surface area (Å²) in [4.78, 5) is 25.9. The fourth-order valence-electron chi connectivity index (χ4n) is 2.14. The molecule has 0 spiro atoms. The number of nitrogens with one attached hydrogen (secondary N) is 1. The number of carbonyl (C=O) groups excluding carboxylic acids is 2. The van der Waals surface area contributed by atoms with Crippen LogP contribution in [0.25, 0.3) is 0 Å². The van der Waals surface area contributed by atoms with Gasteiger partial charge in [0.05, 0.1) is 12.3 Å². The van der Waals surface area contributed by atoms with Gasteiger partial charge in [-0.15, -0.1) is 0 Å². The van der Waals surface area contributed by atoms with E-state index in [0.29, 0.717) is 6.42 Å². The van der Waals surface area contributed by atoms with Gasteiger partial charge in [-0.2, -0.15) is 5.26 Å². The molecule has 1 atom stereocenters. The molecule has 2 amide bonds. The fraction of sp³-hybridized carbons (Fsp3) is 0.235. The van der Waals surface area contributed by atoms with Crippen LogP contribution in [0.3, 0.4) is 0 Å². The first-order valence-electron chi connectivity index (χ1n) is 7.12. The molecule has 0 aliphatic carbocycles. The highest BCUT2D eigenvalue weighted by Crippen LogP contribution is 2.07. The molecule has 1 N–H and O–H groups in total. The summed E-state index contributed by atoms with van der Waals surface area (Å²) in [5.74, 6) is -0.649. The van der Waals surface area contributed by atoms with E-state index in [1.165, 1.54) is 24.3 Å². The second kappa shape index (κ2) is 7.80. The van der Waals surface area contributed by atoms with Crippen molar-refractivity contribution in [2.24, 2.45) is 0 Å². The summed E-state index contributed by atoms with van der Waals surface area (Å²) >= 11 is 0. The van der Waals surface area contributed by atoms with Crippen LogP contribution >= 0.6 is 0 Å². The average Bonchev–Trinajstić information content (AvgIpc) is 3.09. The predicted molar refractivity (Wildman–Crippen MR) is 83.4 cm³/mol. The molecular weight excluding hydrogens is 294 g/mol. The minimum atomic E-state index is -0.770. The molecule has 6 nitrogen and oxygen atoms in total. The van der Waals surface area contributed by atoms with E-state index in [2.05, 4.69) is 5.32 Å². The first-order chi connectivity index (χ1) is 11.1. The van der Waals surface area contributed by atoms with Crippen LogP contribution in [0.1, 0.15) is 16.1 Å². The van der Waals surface area contributed by atoms with Crippen molar-refractivity contribution in [2.45, 2.75) is 12.5 Å². The maximum atomic E-state index is 12.5. The minimum Gasteiger partial charge on any atom is -0.459 e. The lowest BCUT2D eigenvalue weighted by Gasteiger charge is -2.22. The Morgan fingerprint density at radius 1 is 1.26 bits per heavy atom. The van der Waals surface area contributed by atoms with Crippen molar-refractivity contribution in [2.75, 3.05) is 13.6 Å². The molecule has 1 aromatic heterocycles. The van der Waals surface area contributed by atoms with E-state index in [9.17, 15) is 9.59 Å². The van der Waals surface area contributed by atoms with Crippen molar-refractivity contribution < 1.29 is 14.0 Å². The van der Waals surface area contributed by atoms with Crippen molar-refractivity contribution in [1.29, 1.82) is 5.26 Å². The Bertz CT molecular complexity index is 690. The van der Waals surface area contributed by atoms with Crippen molar-refractivity contribution in [3.05, 3.63) is 60.1 Å². The lowest BCUT2D eigenvalue weighted by molar-refractivity contribution is -0.131. The van der Waals surface area contributed by atoms with Gasteiger partial charge in [0.15, 0.2) is 5.76 Å². The van der Waals surface area contributed by atoms with Crippen molar-refractivity contribution in [1.82, 2.24) is 10.2 Å². The van der Waals surface area contributed by atoms with Crippen LogP contribution in [-0.4, -0.2) is 36.3 Å². The zero-order chi connectivity index (χ0) is 16.7. The molecule has 0 bridgehead atoms. The van der Waals surface area contributed by atoms with Gasteiger partial charge in [0.2, 0.25) is 5.91 Å². The number of furan rings is 1. The molecule has 0 aliphatic rings. The molecule has 0 aliphatic heterocycles. The van der Waals surface area contributed by atoms with Crippen LogP contribution in [0.2, 0.25) is 0 Å². The SMILES string of the molecule is CN(CC#N)C(=O)[C@@H](Cc1ccccc1)NC(=O)c1ccco1. The molecule has 0 radical (unpaired) electrons. The lowest BCUT2D eigenvalue weighted by atomic mass is 10.0. The zero-order valence-electron chi connectivity index (χ0n) is 12.7. The van der Waals surface area contributed by atoms with Crippen LogP contribution in [0.15, 0.2) is 53.1 Å². The van der Waals surface area contributed by atoms with Gasteiger partial charge in [0.1, 0.15) is 12.6 Å². The molecule has 2 rings (SSSR count). The molecule has 118 valence electrons. The third kappa shape index (κ3) is 4.45. The van der Waals surface area contributed by atoms with Gasteiger partial charge < -0.3 is 14.6 Å². The van der Waals surface area contributed by atoms with Crippen LogP contribution in [-0.2, 0) is 11.2 Å². The van der Waals surface area contributed by atoms with Gasteiger partial charge in [0.25, 0.3) is 5.91 Å². The van der Waals surface area contributed by atoms with E-state index in [0.717, 1.165) is 5.56 Å². The molecule has 1 aromatic carbocycles. The molecule has 23 heavy (non-hydrogen) atoms. The van der Waals surface area contributed by atoms with Crippen LogP contribution in [0, 0.1) is 11.3 Å². The number of benzene rings is 1. The summed E-state index contributed by atoms with van der Waals surface area (Å²) < 4.78 is 5.04.